The summed E-state index contributed by atoms with van der Waals surface area (Å²) in [5.74, 6) is -0.0248. The van der Waals surface area contributed by atoms with Crippen LogP contribution in [0.25, 0.3) is 22.0 Å². The SMILES string of the molecule is CC.CC=N/C=C(\C)C1c2ccc(C#N)c(c2)CCc2cccc(c2)-c2cc(=O)[nH]c3ccc1cc23. The van der Waals surface area contributed by atoms with Crippen LogP contribution in [0.3, 0.4) is 0 Å². The minimum atomic E-state index is -0.111. The van der Waals surface area contributed by atoms with Gasteiger partial charge < -0.3 is 4.98 Å². The van der Waals surface area contributed by atoms with Crippen molar-refractivity contribution in [2.45, 2.75) is 46.5 Å². The third-order valence-electron chi connectivity index (χ3n) is 6.59. The van der Waals surface area contributed by atoms with Crippen molar-refractivity contribution in [1.82, 2.24) is 4.98 Å². The molecule has 1 unspecified atom stereocenters. The van der Waals surface area contributed by atoms with E-state index in [-0.39, 0.29) is 11.5 Å². The molecule has 0 saturated heterocycles. The summed E-state index contributed by atoms with van der Waals surface area (Å²) in [6.07, 6.45) is 5.27. The molecule has 0 radical (unpaired) electrons. The number of aromatic nitrogens is 1. The number of fused-ring (bicyclic) bond motifs is 6. The Kier molecular flexibility index (Phi) is 7.61. The lowest BCUT2D eigenvalue weighted by Crippen LogP contribution is -2.07. The maximum absolute atomic E-state index is 12.5. The highest BCUT2D eigenvalue weighted by Crippen LogP contribution is 2.37. The van der Waals surface area contributed by atoms with Crippen LogP contribution in [0.5, 0.6) is 0 Å². The van der Waals surface area contributed by atoms with Gasteiger partial charge in [0.2, 0.25) is 5.56 Å². The van der Waals surface area contributed by atoms with Gasteiger partial charge in [-0.2, -0.15) is 5.26 Å². The highest BCUT2D eigenvalue weighted by molar-refractivity contribution is 5.95. The van der Waals surface area contributed by atoms with Gasteiger partial charge in [-0.15, -0.1) is 0 Å². The summed E-state index contributed by atoms with van der Waals surface area (Å²) in [4.78, 5) is 19.9. The minimum absolute atomic E-state index is 0.0248. The van der Waals surface area contributed by atoms with Gasteiger partial charge in [-0.1, -0.05) is 56.3 Å². The molecule has 0 aliphatic heterocycles. The number of nitrogens with zero attached hydrogens (tertiary/aromatic N) is 2. The lowest BCUT2D eigenvalue weighted by molar-refractivity contribution is 0.916. The van der Waals surface area contributed by atoms with E-state index in [9.17, 15) is 10.1 Å². The Hall–Kier alpha value is -4.23. The van der Waals surface area contributed by atoms with Crippen molar-refractivity contribution in [1.29, 1.82) is 5.26 Å². The van der Waals surface area contributed by atoms with E-state index < -0.39 is 0 Å². The Morgan fingerprint density at radius 3 is 2.58 bits per heavy atom. The highest BCUT2D eigenvalue weighted by Gasteiger charge is 2.20. The predicted octanol–water partition coefficient (Wildman–Crippen LogP) is 7.32. The third kappa shape index (κ3) is 4.92. The van der Waals surface area contributed by atoms with E-state index in [4.69, 9.17) is 0 Å². The molecule has 1 aliphatic rings. The van der Waals surface area contributed by atoms with Gasteiger partial charge in [0.05, 0.1) is 11.6 Å². The summed E-state index contributed by atoms with van der Waals surface area (Å²) in [7, 11) is 0. The number of nitrogens with one attached hydrogen (secondary N) is 1. The van der Waals surface area contributed by atoms with Crippen molar-refractivity contribution in [3.63, 3.8) is 0 Å². The summed E-state index contributed by atoms with van der Waals surface area (Å²) in [5.41, 5.74) is 8.96. The number of hydrogen-bond acceptors (Lipinski definition) is 3. The van der Waals surface area contributed by atoms with Gasteiger partial charge in [-0.3, -0.25) is 9.79 Å². The van der Waals surface area contributed by atoms with Gasteiger partial charge in [0.25, 0.3) is 0 Å². The molecule has 0 amide bonds. The van der Waals surface area contributed by atoms with E-state index in [1.54, 1.807) is 12.3 Å². The van der Waals surface area contributed by atoms with Crippen molar-refractivity contribution in [2.75, 3.05) is 0 Å². The molecule has 5 rings (SSSR count). The minimum Gasteiger partial charge on any atom is -0.322 e. The number of nitriles is 1. The van der Waals surface area contributed by atoms with Crippen molar-refractivity contribution in [3.05, 3.63) is 117 Å². The molecule has 0 saturated carbocycles. The number of aliphatic imine (C=N–C) groups is 1. The molecule has 0 fully saturated rings. The molecule has 1 heterocycles. The number of allylic oxidation sites excluding steroid dienone is 1. The van der Waals surface area contributed by atoms with Crippen molar-refractivity contribution < 1.29 is 0 Å². The topological polar surface area (TPSA) is 69.0 Å². The fourth-order valence-corrected chi connectivity index (χ4v) is 4.96. The van der Waals surface area contributed by atoms with Crippen LogP contribution in [-0.4, -0.2) is 11.2 Å². The monoisotopic (exact) mass is 473 g/mol. The first-order valence-corrected chi connectivity index (χ1v) is 12.5. The third-order valence-corrected chi connectivity index (χ3v) is 6.59. The predicted molar refractivity (Wildman–Crippen MR) is 150 cm³/mol. The van der Waals surface area contributed by atoms with Gasteiger partial charge in [-0.25, -0.2) is 0 Å². The smallest absolute Gasteiger partial charge is 0.249 e. The second kappa shape index (κ2) is 11.0. The van der Waals surface area contributed by atoms with Gasteiger partial charge in [0.15, 0.2) is 0 Å². The number of rotatable bonds is 2. The Morgan fingerprint density at radius 2 is 1.81 bits per heavy atom. The van der Waals surface area contributed by atoms with E-state index in [1.807, 2.05) is 45.2 Å². The van der Waals surface area contributed by atoms with E-state index in [0.717, 1.165) is 57.1 Å². The molecule has 6 bridgehead atoms. The molecule has 1 aromatic heterocycles. The Balaban J connectivity index is 0.00000148. The highest BCUT2D eigenvalue weighted by atomic mass is 16.1. The first kappa shape index (κ1) is 24.9. The van der Waals surface area contributed by atoms with E-state index in [1.165, 1.54) is 5.56 Å². The van der Waals surface area contributed by atoms with E-state index in [2.05, 4.69) is 65.4 Å². The summed E-state index contributed by atoms with van der Waals surface area (Å²) in [6, 6.07) is 24.8. The normalized spacial score (nSPS) is 14.9. The molecule has 4 heteroatoms. The summed E-state index contributed by atoms with van der Waals surface area (Å²) in [5, 5.41) is 10.8. The van der Waals surface area contributed by atoms with Gasteiger partial charge in [0, 0.05) is 35.3 Å². The zero-order valence-corrected chi connectivity index (χ0v) is 21.3. The van der Waals surface area contributed by atoms with Gasteiger partial charge in [-0.05, 0) is 83.8 Å². The second-order valence-corrected chi connectivity index (χ2v) is 8.79. The number of aromatic amines is 1. The number of H-pyrrole nitrogens is 1. The van der Waals surface area contributed by atoms with Crippen LogP contribution < -0.4 is 5.56 Å². The van der Waals surface area contributed by atoms with Crippen LogP contribution in [-0.2, 0) is 12.8 Å². The van der Waals surface area contributed by atoms with Gasteiger partial charge >= 0.3 is 0 Å². The maximum Gasteiger partial charge on any atom is 0.249 e. The molecule has 1 N–H and O–H groups in total. The Morgan fingerprint density at radius 1 is 1.03 bits per heavy atom. The van der Waals surface area contributed by atoms with E-state index >= 15 is 0 Å². The summed E-state index contributed by atoms with van der Waals surface area (Å²) < 4.78 is 0. The van der Waals surface area contributed by atoms with Crippen LogP contribution in [0.15, 0.2) is 88.3 Å². The average molecular weight is 474 g/mol. The molecule has 36 heavy (non-hydrogen) atoms. The molecular weight excluding hydrogens is 442 g/mol. The van der Waals surface area contributed by atoms with Crippen molar-refractivity contribution in [3.8, 4) is 17.2 Å². The van der Waals surface area contributed by atoms with Crippen molar-refractivity contribution >= 4 is 17.1 Å². The lowest BCUT2D eigenvalue weighted by Gasteiger charge is -2.21. The second-order valence-electron chi connectivity index (χ2n) is 8.79. The fraction of sp³-hybridized carbons (Fsp3) is 0.219. The number of aryl methyl sites for hydroxylation is 2. The van der Waals surface area contributed by atoms with Gasteiger partial charge in [0.1, 0.15) is 0 Å². The van der Waals surface area contributed by atoms with Crippen LogP contribution in [0, 0.1) is 11.3 Å². The zero-order chi connectivity index (χ0) is 25.7. The number of hydrogen-bond donors (Lipinski definition) is 1. The first-order valence-electron chi connectivity index (χ1n) is 12.5. The van der Waals surface area contributed by atoms with Crippen LogP contribution >= 0.6 is 0 Å². The molecule has 4 nitrogen and oxygen atoms in total. The van der Waals surface area contributed by atoms with Crippen molar-refractivity contribution in [2.24, 2.45) is 4.99 Å². The Labute approximate surface area is 212 Å². The number of benzene rings is 3. The molecule has 180 valence electrons. The molecule has 1 aliphatic carbocycles. The van der Waals surface area contributed by atoms with E-state index in [0.29, 0.717) is 5.56 Å². The molecule has 1 atom stereocenters. The first-order chi connectivity index (χ1) is 17.6. The zero-order valence-electron chi connectivity index (χ0n) is 21.3. The lowest BCUT2D eigenvalue weighted by atomic mass is 9.83. The Bertz CT molecular complexity index is 1570. The van der Waals surface area contributed by atoms with Crippen LogP contribution in [0.1, 0.15) is 61.4 Å². The standard InChI is InChI=1S/C30H25N3O.C2H6/c1-3-32-18-19(2)30-23-9-10-25(17-31)21(14-23)8-7-20-5-4-6-22(13-20)26-16-29(34)33-28-12-11-24(30)15-27(26)28;1-2/h3-6,9-16,18,30H,7-8H2,1-2H3,(H,33,34);1-2H3/b19-18+,32-3?;. The van der Waals surface area contributed by atoms with Crippen LogP contribution in [0.2, 0.25) is 0 Å². The molecule has 0 spiro atoms. The fourth-order valence-electron chi connectivity index (χ4n) is 4.96. The quantitative estimate of drug-likeness (QED) is 0.310. The number of pyridine rings is 1. The van der Waals surface area contributed by atoms with Crippen LogP contribution in [0.4, 0.5) is 0 Å². The average Bonchev–Trinajstić information content (AvgIpc) is 2.91. The summed E-state index contributed by atoms with van der Waals surface area (Å²) >= 11 is 0. The molecule has 3 aromatic carbocycles. The summed E-state index contributed by atoms with van der Waals surface area (Å²) in [6.45, 7) is 8.00. The maximum atomic E-state index is 12.5. The molecule has 4 aromatic rings. The largest absolute Gasteiger partial charge is 0.322 e. The molecular formula is C32H31N3O.